The van der Waals surface area contributed by atoms with Crippen LogP contribution in [0.4, 0.5) is 17.1 Å². The Hall–Kier alpha value is -7.16. The number of rotatable bonds is 6. The molecular weight excluding hydrogens is 691 g/mol. The maximum atomic E-state index is 6.58. The Kier molecular flexibility index (Phi) is 7.55. The minimum absolute atomic E-state index is 0.149. The summed E-state index contributed by atoms with van der Waals surface area (Å²) in [6.45, 7) is 4.71. The first-order valence-electron chi connectivity index (χ1n) is 19.8. The van der Waals surface area contributed by atoms with E-state index in [0.717, 1.165) is 50.1 Å². The molecule has 0 bridgehead atoms. The molecule has 1 aliphatic carbocycles. The molecule has 0 saturated heterocycles. The maximum Gasteiger partial charge on any atom is 0.136 e. The fourth-order valence-corrected chi connectivity index (χ4v) is 9.29. The van der Waals surface area contributed by atoms with E-state index in [2.05, 4.69) is 219 Å². The molecule has 2 heteroatoms. The molecule has 1 heterocycles. The van der Waals surface area contributed by atoms with Crippen molar-refractivity contribution in [3.63, 3.8) is 0 Å². The van der Waals surface area contributed by atoms with E-state index < -0.39 is 0 Å². The van der Waals surface area contributed by atoms with Crippen molar-refractivity contribution in [3.05, 3.63) is 211 Å². The first-order chi connectivity index (χ1) is 28.0. The summed E-state index contributed by atoms with van der Waals surface area (Å²) in [5.74, 6) is 0. The average Bonchev–Trinajstić information content (AvgIpc) is 3.76. The van der Waals surface area contributed by atoms with Crippen LogP contribution in [-0.4, -0.2) is 0 Å². The van der Waals surface area contributed by atoms with Crippen LogP contribution in [0.25, 0.3) is 77.2 Å². The lowest BCUT2D eigenvalue weighted by molar-refractivity contribution is 0.660. The summed E-state index contributed by atoms with van der Waals surface area (Å²) in [6, 6.07) is 72.7. The van der Waals surface area contributed by atoms with E-state index in [0.29, 0.717) is 0 Å². The highest BCUT2D eigenvalue weighted by Gasteiger charge is 2.36. The quantitative estimate of drug-likeness (QED) is 0.169. The lowest BCUT2D eigenvalue weighted by atomic mass is 9.82. The zero-order chi connectivity index (χ0) is 38.1. The van der Waals surface area contributed by atoms with Crippen LogP contribution in [0.5, 0.6) is 0 Å². The summed E-state index contributed by atoms with van der Waals surface area (Å²) >= 11 is 0. The van der Waals surface area contributed by atoms with E-state index in [-0.39, 0.29) is 5.41 Å². The monoisotopic (exact) mass is 729 g/mol. The topological polar surface area (TPSA) is 16.4 Å². The van der Waals surface area contributed by atoms with Crippen LogP contribution in [0.3, 0.4) is 0 Å². The summed E-state index contributed by atoms with van der Waals surface area (Å²) in [7, 11) is 0. The molecule has 9 aromatic carbocycles. The van der Waals surface area contributed by atoms with E-state index in [1.807, 2.05) is 0 Å². The lowest BCUT2D eigenvalue weighted by Gasteiger charge is -2.30. The van der Waals surface area contributed by atoms with Crippen LogP contribution in [0.15, 0.2) is 205 Å². The van der Waals surface area contributed by atoms with Crippen molar-refractivity contribution in [2.24, 2.45) is 0 Å². The van der Waals surface area contributed by atoms with Gasteiger partial charge in [0.2, 0.25) is 0 Å². The summed E-state index contributed by atoms with van der Waals surface area (Å²) in [5.41, 5.74) is 17.3. The fourth-order valence-electron chi connectivity index (χ4n) is 9.29. The molecule has 1 aromatic heterocycles. The lowest BCUT2D eigenvalue weighted by Crippen LogP contribution is -2.17. The van der Waals surface area contributed by atoms with Gasteiger partial charge < -0.3 is 9.32 Å². The number of para-hydroxylation sites is 1. The number of benzene rings is 9. The molecule has 0 saturated carbocycles. The zero-order valence-electron chi connectivity index (χ0n) is 31.9. The molecule has 11 rings (SSSR count). The van der Waals surface area contributed by atoms with E-state index in [9.17, 15) is 0 Å². The predicted octanol–water partition coefficient (Wildman–Crippen LogP) is 15.5. The molecule has 0 aliphatic heterocycles. The Morgan fingerprint density at radius 3 is 1.93 bits per heavy atom. The van der Waals surface area contributed by atoms with Crippen LogP contribution in [0.2, 0.25) is 0 Å². The van der Waals surface area contributed by atoms with Crippen molar-refractivity contribution in [3.8, 4) is 44.5 Å². The second-order valence-corrected chi connectivity index (χ2v) is 15.7. The third-order valence-electron chi connectivity index (χ3n) is 12.1. The van der Waals surface area contributed by atoms with Crippen LogP contribution in [0, 0.1) is 0 Å². The molecule has 0 N–H and O–H groups in total. The van der Waals surface area contributed by atoms with Crippen molar-refractivity contribution < 1.29 is 4.42 Å². The Labute approximate surface area is 332 Å². The predicted molar refractivity (Wildman–Crippen MR) is 240 cm³/mol. The molecule has 270 valence electrons. The van der Waals surface area contributed by atoms with Crippen molar-refractivity contribution in [1.82, 2.24) is 0 Å². The Morgan fingerprint density at radius 2 is 1.05 bits per heavy atom. The highest BCUT2D eigenvalue weighted by molar-refractivity contribution is 6.16. The van der Waals surface area contributed by atoms with E-state index in [1.165, 1.54) is 55.3 Å². The highest BCUT2D eigenvalue weighted by atomic mass is 16.3. The number of nitrogens with zero attached hydrogens (tertiary/aromatic N) is 1. The fraction of sp³-hybridized carbons (Fsp3) is 0.0545. The van der Waals surface area contributed by atoms with Gasteiger partial charge in [-0.1, -0.05) is 166 Å². The van der Waals surface area contributed by atoms with Crippen LogP contribution in [-0.2, 0) is 5.41 Å². The van der Waals surface area contributed by atoms with E-state index >= 15 is 0 Å². The van der Waals surface area contributed by atoms with E-state index in [1.54, 1.807) is 0 Å². The molecule has 10 aromatic rings. The second kappa shape index (κ2) is 13.0. The Balaban J connectivity index is 1.17. The molecule has 1 aliphatic rings. The van der Waals surface area contributed by atoms with Gasteiger partial charge in [-0.25, -0.2) is 0 Å². The van der Waals surface area contributed by atoms with Gasteiger partial charge in [0.25, 0.3) is 0 Å². The van der Waals surface area contributed by atoms with Crippen molar-refractivity contribution in [2.45, 2.75) is 19.3 Å². The van der Waals surface area contributed by atoms with Gasteiger partial charge >= 0.3 is 0 Å². The SMILES string of the molecule is CC1(C)c2ccccc2-c2ccc(N(c3ccc(-c4cccc5ccccc45)cc3)c3ccc4oc5ccccc5c4c3-c3cccc(-c4ccccc4)c3)cc21. The van der Waals surface area contributed by atoms with Gasteiger partial charge in [-0.2, -0.15) is 0 Å². The normalized spacial score (nSPS) is 12.9. The minimum Gasteiger partial charge on any atom is -0.456 e. The third kappa shape index (κ3) is 5.33. The smallest absolute Gasteiger partial charge is 0.136 e. The molecule has 2 nitrogen and oxygen atoms in total. The number of hydrogen-bond acceptors (Lipinski definition) is 2. The van der Waals surface area contributed by atoms with Crippen molar-refractivity contribution >= 4 is 49.8 Å². The largest absolute Gasteiger partial charge is 0.456 e. The zero-order valence-corrected chi connectivity index (χ0v) is 31.9. The third-order valence-corrected chi connectivity index (χ3v) is 12.1. The molecule has 0 atom stereocenters. The van der Waals surface area contributed by atoms with Crippen molar-refractivity contribution in [1.29, 1.82) is 0 Å². The summed E-state index contributed by atoms with van der Waals surface area (Å²) < 4.78 is 6.58. The standard InChI is InChI=1S/C55H39NO/c1-55(2)48-24-10-8-21-45(48)46-31-30-42(35-49(46)55)56(41-28-26-38(27-29-41)44-23-13-17-37-16-6-7-20-43(37)44)50-32-33-52-54(47-22-9-11-25-51(47)57-52)53(50)40-19-12-18-39(34-40)36-14-4-3-5-15-36/h3-35H,1-2H3. The molecule has 0 fully saturated rings. The van der Waals surface area contributed by atoms with Gasteiger partial charge in [0, 0.05) is 33.1 Å². The van der Waals surface area contributed by atoms with Gasteiger partial charge in [0.05, 0.1) is 5.69 Å². The highest BCUT2D eigenvalue weighted by Crippen LogP contribution is 2.52. The first-order valence-corrected chi connectivity index (χ1v) is 19.8. The summed E-state index contributed by atoms with van der Waals surface area (Å²) in [6.07, 6.45) is 0. The van der Waals surface area contributed by atoms with Gasteiger partial charge in [0.15, 0.2) is 0 Å². The maximum absolute atomic E-state index is 6.58. The Morgan fingerprint density at radius 1 is 0.404 bits per heavy atom. The molecular formula is C55H39NO. The molecule has 57 heavy (non-hydrogen) atoms. The molecule has 0 spiro atoms. The van der Waals surface area contributed by atoms with E-state index in [4.69, 9.17) is 4.42 Å². The number of fused-ring (bicyclic) bond motifs is 7. The second-order valence-electron chi connectivity index (χ2n) is 15.7. The van der Waals surface area contributed by atoms with Gasteiger partial charge in [-0.15, -0.1) is 0 Å². The number of hydrogen-bond donors (Lipinski definition) is 0. The molecule has 0 amide bonds. The van der Waals surface area contributed by atoms with Crippen LogP contribution < -0.4 is 4.90 Å². The summed E-state index contributed by atoms with van der Waals surface area (Å²) in [5, 5.41) is 4.71. The number of anilines is 3. The average molecular weight is 730 g/mol. The minimum atomic E-state index is -0.149. The van der Waals surface area contributed by atoms with Gasteiger partial charge in [-0.3, -0.25) is 0 Å². The van der Waals surface area contributed by atoms with Gasteiger partial charge in [0.1, 0.15) is 11.2 Å². The van der Waals surface area contributed by atoms with Crippen LogP contribution in [0.1, 0.15) is 25.0 Å². The number of furan rings is 1. The molecule has 0 radical (unpaired) electrons. The first kappa shape index (κ1) is 33.2. The van der Waals surface area contributed by atoms with Crippen molar-refractivity contribution in [2.75, 3.05) is 4.90 Å². The Bertz CT molecular complexity index is 3150. The summed E-state index contributed by atoms with van der Waals surface area (Å²) in [4.78, 5) is 2.46. The van der Waals surface area contributed by atoms with Crippen LogP contribution >= 0.6 is 0 Å². The molecule has 0 unspecified atom stereocenters. The van der Waals surface area contributed by atoms with Gasteiger partial charge in [-0.05, 0) is 109 Å².